The van der Waals surface area contributed by atoms with Crippen molar-refractivity contribution in [3.05, 3.63) is 157 Å². The van der Waals surface area contributed by atoms with Crippen LogP contribution in [0.15, 0.2) is 146 Å². The molecule has 0 saturated heterocycles. The van der Waals surface area contributed by atoms with Gasteiger partial charge in [0.1, 0.15) is 0 Å². The Morgan fingerprint density at radius 2 is 1.13 bits per heavy atom. The molecule has 9 rings (SSSR count). The van der Waals surface area contributed by atoms with Gasteiger partial charge in [0, 0.05) is 37.0 Å². The zero-order valence-electron chi connectivity index (χ0n) is 25.3. The highest BCUT2D eigenvalue weighted by Crippen LogP contribution is 2.49. The van der Waals surface area contributed by atoms with Crippen LogP contribution in [0.5, 0.6) is 0 Å². The molecule has 0 unspecified atom stereocenters. The lowest BCUT2D eigenvalue weighted by Crippen LogP contribution is -2.14. The fourth-order valence-electron chi connectivity index (χ4n) is 7.31. The molecule has 45 heavy (non-hydrogen) atoms. The van der Waals surface area contributed by atoms with Gasteiger partial charge in [-0.05, 0) is 85.6 Å². The van der Waals surface area contributed by atoms with E-state index in [1.807, 2.05) is 11.3 Å². The predicted octanol–water partition coefficient (Wildman–Crippen LogP) is 12.6. The lowest BCUT2D eigenvalue weighted by molar-refractivity contribution is 0.660. The second kappa shape index (κ2) is 9.92. The Morgan fingerprint density at radius 3 is 2.04 bits per heavy atom. The van der Waals surface area contributed by atoms with Crippen LogP contribution in [0.2, 0.25) is 0 Å². The maximum atomic E-state index is 3.66. The minimum Gasteiger partial charge on any atom is -0.356 e. The number of rotatable bonds is 4. The lowest BCUT2D eigenvalue weighted by Gasteiger charge is -2.22. The van der Waals surface area contributed by atoms with Crippen LogP contribution in [0.25, 0.3) is 64.3 Å². The number of nitrogens with one attached hydrogen (secondary N) is 1. The van der Waals surface area contributed by atoms with Crippen LogP contribution in [-0.4, -0.2) is 0 Å². The van der Waals surface area contributed by atoms with Crippen LogP contribution in [0.3, 0.4) is 0 Å². The van der Waals surface area contributed by atoms with E-state index >= 15 is 0 Å². The van der Waals surface area contributed by atoms with Crippen molar-refractivity contribution >= 4 is 53.7 Å². The van der Waals surface area contributed by atoms with Crippen molar-refractivity contribution in [3.63, 3.8) is 0 Å². The van der Waals surface area contributed by atoms with Crippen molar-refractivity contribution in [2.45, 2.75) is 19.3 Å². The molecule has 1 aromatic heterocycles. The van der Waals surface area contributed by atoms with Crippen molar-refractivity contribution in [1.29, 1.82) is 0 Å². The topological polar surface area (TPSA) is 12.0 Å². The van der Waals surface area contributed by atoms with E-state index in [1.54, 1.807) is 0 Å². The third-order valence-corrected chi connectivity index (χ3v) is 10.9. The van der Waals surface area contributed by atoms with Crippen molar-refractivity contribution in [1.82, 2.24) is 0 Å². The Bertz CT molecular complexity index is 2430. The highest BCUT2D eigenvalue weighted by Gasteiger charge is 2.35. The zero-order chi connectivity index (χ0) is 30.1. The largest absolute Gasteiger partial charge is 0.356 e. The molecule has 1 aliphatic carbocycles. The number of thiophene rings is 1. The van der Waals surface area contributed by atoms with Gasteiger partial charge in [0.25, 0.3) is 0 Å². The molecule has 0 saturated carbocycles. The fourth-order valence-corrected chi connectivity index (χ4v) is 8.69. The maximum absolute atomic E-state index is 3.66. The van der Waals surface area contributed by atoms with E-state index in [9.17, 15) is 0 Å². The van der Waals surface area contributed by atoms with Gasteiger partial charge in [-0.15, -0.1) is 11.3 Å². The summed E-state index contributed by atoms with van der Waals surface area (Å²) in [6.45, 7) is 4.68. The zero-order valence-corrected chi connectivity index (χ0v) is 26.1. The highest BCUT2D eigenvalue weighted by molar-refractivity contribution is 7.27. The first kappa shape index (κ1) is 26.2. The van der Waals surface area contributed by atoms with Crippen LogP contribution in [0.4, 0.5) is 11.4 Å². The SMILES string of the molecule is CC1(C)c2ccccc2-c2ccc(-c3cccc(Nc4ccc(-c5cccc6c5sc5c7ccccc7ccc65)cc4)c3)cc21. The number of fused-ring (bicyclic) bond motifs is 8. The molecule has 8 aromatic rings. The van der Waals surface area contributed by atoms with Crippen LogP contribution >= 0.6 is 11.3 Å². The molecule has 214 valence electrons. The van der Waals surface area contributed by atoms with E-state index in [1.165, 1.54) is 75.5 Å². The Morgan fingerprint density at radius 1 is 0.444 bits per heavy atom. The Hall–Kier alpha value is -5.18. The fraction of sp³-hybridized carbons (Fsp3) is 0.0698. The monoisotopic (exact) mass is 593 g/mol. The molecule has 0 atom stereocenters. The molecular weight excluding hydrogens is 563 g/mol. The minimum absolute atomic E-state index is 0.00645. The van der Waals surface area contributed by atoms with Gasteiger partial charge >= 0.3 is 0 Å². The van der Waals surface area contributed by atoms with Gasteiger partial charge in [0.15, 0.2) is 0 Å². The van der Waals surface area contributed by atoms with E-state index in [-0.39, 0.29) is 5.41 Å². The lowest BCUT2D eigenvalue weighted by atomic mass is 9.81. The third kappa shape index (κ3) is 4.13. The second-order valence-electron chi connectivity index (χ2n) is 12.7. The average Bonchev–Trinajstić information content (AvgIpc) is 3.58. The molecule has 0 aliphatic heterocycles. The maximum Gasteiger partial charge on any atom is 0.0434 e. The molecule has 7 aromatic carbocycles. The molecule has 1 heterocycles. The van der Waals surface area contributed by atoms with Gasteiger partial charge in [-0.3, -0.25) is 0 Å². The Kier molecular flexibility index (Phi) is 5.78. The predicted molar refractivity (Wildman–Crippen MR) is 195 cm³/mol. The summed E-state index contributed by atoms with van der Waals surface area (Å²) in [6.07, 6.45) is 0. The van der Waals surface area contributed by atoms with Crippen LogP contribution in [0, 0.1) is 0 Å². The summed E-state index contributed by atoms with van der Waals surface area (Å²) in [6, 6.07) is 53.3. The van der Waals surface area contributed by atoms with Gasteiger partial charge in [-0.2, -0.15) is 0 Å². The second-order valence-corrected chi connectivity index (χ2v) is 13.7. The number of benzene rings is 7. The summed E-state index contributed by atoms with van der Waals surface area (Å²) in [5.41, 5.74) is 12.7. The third-order valence-electron chi connectivity index (χ3n) is 9.65. The van der Waals surface area contributed by atoms with Crippen LogP contribution < -0.4 is 5.32 Å². The van der Waals surface area contributed by atoms with E-state index in [4.69, 9.17) is 0 Å². The number of anilines is 2. The van der Waals surface area contributed by atoms with Gasteiger partial charge in [0.05, 0.1) is 0 Å². The summed E-state index contributed by atoms with van der Waals surface area (Å²) in [4.78, 5) is 0. The van der Waals surface area contributed by atoms with Gasteiger partial charge in [0.2, 0.25) is 0 Å². The number of hydrogen-bond donors (Lipinski definition) is 1. The Labute approximate surface area is 267 Å². The molecule has 1 nitrogen and oxygen atoms in total. The van der Waals surface area contributed by atoms with Crippen molar-refractivity contribution in [3.8, 4) is 33.4 Å². The van der Waals surface area contributed by atoms with Crippen molar-refractivity contribution < 1.29 is 0 Å². The first-order chi connectivity index (χ1) is 22.0. The highest BCUT2D eigenvalue weighted by atomic mass is 32.1. The molecule has 0 amide bonds. The number of hydrogen-bond acceptors (Lipinski definition) is 2. The molecule has 0 bridgehead atoms. The quantitative estimate of drug-likeness (QED) is 0.214. The molecule has 1 N–H and O–H groups in total. The van der Waals surface area contributed by atoms with Gasteiger partial charge < -0.3 is 5.32 Å². The normalized spacial score (nSPS) is 13.3. The van der Waals surface area contributed by atoms with E-state index < -0.39 is 0 Å². The molecular formula is C43H31NS. The molecule has 0 spiro atoms. The standard InChI is InChI=1S/C43H31NS/c1-43(2)39-16-6-5-13-35(39)36-23-20-30(26-40(36)43)29-10-7-11-32(25-29)44-31-21-17-28(18-22-31)34-14-8-15-37-38-24-19-27-9-3-4-12-33(27)42(38)45-41(34)37/h3-26,44H,1-2H3. The molecule has 0 fully saturated rings. The van der Waals surface area contributed by atoms with Crippen molar-refractivity contribution in [2.75, 3.05) is 5.32 Å². The first-order valence-corrected chi connectivity index (χ1v) is 16.4. The summed E-state index contributed by atoms with van der Waals surface area (Å²) in [7, 11) is 0. The van der Waals surface area contributed by atoms with Crippen molar-refractivity contribution in [2.24, 2.45) is 0 Å². The molecule has 2 heteroatoms. The van der Waals surface area contributed by atoms with E-state index in [0.29, 0.717) is 0 Å². The minimum atomic E-state index is -0.00645. The molecule has 0 radical (unpaired) electrons. The average molecular weight is 594 g/mol. The van der Waals surface area contributed by atoms with Crippen LogP contribution in [0.1, 0.15) is 25.0 Å². The summed E-state index contributed by atoms with van der Waals surface area (Å²) in [5, 5.41) is 8.95. The summed E-state index contributed by atoms with van der Waals surface area (Å²) in [5.74, 6) is 0. The van der Waals surface area contributed by atoms with E-state index in [2.05, 4.69) is 165 Å². The van der Waals surface area contributed by atoms with Gasteiger partial charge in [-0.1, -0.05) is 129 Å². The van der Waals surface area contributed by atoms with E-state index in [0.717, 1.165) is 11.4 Å². The van der Waals surface area contributed by atoms with Gasteiger partial charge in [-0.25, -0.2) is 0 Å². The summed E-state index contributed by atoms with van der Waals surface area (Å²) < 4.78 is 2.71. The Balaban J connectivity index is 1.02. The smallest absolute Gasteiger partial charge is 0.0434 e. The summed E-state index contributed by atoms with van der Waals surface area (Å²) >= 11 is 1.91. The van der Waals surface area contributed by atoms with Crippen LogP contribution in [-0.2, 0) is 5.41 Å². The molecule has 1 aliphatic rings. The first-order valence-electron chi connectivity index (χ1n) is 15.6.